The molecule has 0 aliphatic carbocycles. The van der Waals surface area contributed by atoms with E-state index in [9.17, 15) is 0 Å². The Labute approximate surface area is 76.7 Å². The minimum absolute atomic E-state index is 0. The molecule has 0 saturated heterocycles. The number of rotatable bonds is 4. The van der Waals surface area contributed by atoms with Crippen molar-refractivity contribution in [3.05, 3.63) is 5.32 Å². The maximum atomic E-state index is 4.10. The summed E-state index contributed by atoms with van der Waals surface area (Å²) in [6, 6.07) is 0. The Balaban J connectivity index is 0. The fraction of sp³-hybridized carbons (Fsp3) is 1.00. The average Bonchev–Trinajstić information content (AvgIpc) is 1.69. The van der Waals surface area contributed by atoms with E-state index in [1.807, 2.05) is 7.05 Å². The van der Waals surface area contributed by atoms with Crippen LogP contribution in [0.1, 0.15) is 6.92 Å². The zero-order chi connectivity index (χ0) is 5.54. The molecule has 8 heavy (non-hydrogen) atoms. The molecule has 0 bridgehead atoms. The quantitative estimate of drug-likeness (QED) is 0.645. The molecule has 0 aliphatic rings. The standard InChI is InChI=1S/C5H13N2.Y/c1-3-7-5-4-6-2;/h6H,3-5H2,1-2H3;/q-1;. The van der Waals surface area contributed by atoms with Gasteiger partial charge in [-0.05, 0) is 13.6 Å². The van der Waals surface area contributed by atoms with E-state index in [-0.39, 0.29) is 32.7 Å². The van der Waals surface area contributed by atoms with Gasteiger partial charge in [0.05, 0.1) is 0 Å². The molecular formula is C5H13N2Y-. The Morgan fingerprint density at radius 3 is 2.50 bits per heavy atom. The van der Waals surface area contributed by atoms with Gasteiger partial charge in [-0.25, -0.2) is 0 Å². The third-order valence-electron chi connectivity index (χ3n) is 0.744. The Morgan fingerprint density at radius 1 is 1.50 bits per heavy atom. The predicted molar refractivity (Wildman–Crippen MR) is 32.7 cm³/mol. The molecule has 0 aromatic carbocycles. The molecule has 1 N–H and O–H groups in total. The first-order valence-electron chi connectivity index (χ1n) is 2.69. The van der Waals surface area contributed by atoms with Crippen LogP contribution in [0.5, 0.6) is 0 Å². The SMILES string of the molecule is CC[N-]CCNC.[Y]. The fourth-order valence-corrected chi connectivity index (χ4v) is 0.349. The van der Waals surface area contributed by atoms with Crippen LogP contribution in [0.3, 0.4) is 0 Å². The Hall–Kier alpha value is 1.02. The molecule has 0 saturated carbocycles. The maximum Gasteiger partial charge on any atom is 0 e. The van der Waals surface area contributed by atoms with Gasteiger partial charge in [0, 0.05) is 32.7 Å². The molecule has 0 amide bonds. The van der Waals surface area contributed by atoms with Gasteiger partial charge in [0.15, 0.2) is 0 Å². The van der Waals surface area contributed by atoms with Gasteiger partial charge in [-0.2, -0.15) is 6.54 Å². The average molecular weight is 190 g/mol. The van der Waals surface area contributed by atoms with Crippen LogP contribution in [-0.2, 0) is 32.7 Å². The van der Waals surface area contributed by atoms with Gasteiger partial charge in [-0.1, -0.05) is 6.92 Å². The summed E-state index contributed by atoms with van der Waals surface area (Å²) in [6.07, 6.45) is 0. The molecule has 0 spiro atoms. The van der Waals surface area contributed by atoms with Crippen LogP contribution in [0.2, 0.25) is 0 Å². The van der Waals surface area contributed by atoms with E-state index in [2.05, 4.69) is 17.6 Å². The van der Waals surface area contributed by atoms with Crippen LogP contribution >= 0.6 is 0 Å². The summed E-state index contributed by atoms with van der Waals surface area (Å²) in [6.45, 7) is 4.96. The van der Waals surface area contributed by atoms with Crippen molar-refractivity contribution in [2.24, 2.45) is 0 Å². The number of hydrogen-bond donors (Lipinski definition) is 1. The first kappa shape index (κ1) is 11.8. The van der Waals surface area contributed by atoms with E-state index in [4.69, 9.17) is 0 Å². The second-order valence-corrected chi connectivity index (χ2v) is 1.37. The molecule has 0 aromatic heterocycles. The van der Waals surface area contributed by atoms with E-state index in [1.54, 1.807) is 0 Å². The zero-order valence-electron chi connectivity index (χ0n) is 5.65. The van der Waals surface area contributed by atoms with E-state index in [1.165, 1.54) is 0 Å². The van der Waals surface area contributed by atoms with Crippen molar-refractivity contribution in [3.63, 3.8) is 0 Å². The summed E-state index contributed by atoms with van der Waals surface area (Å²) >= 11 is 0. The molecule has 3 heteroatoms. The largest absolute Gasteiger partial charge is 0.661 e. The van der Waals surface area contributed by atoms with Crippen molar-refractivity contribution in [2.75, 3.05) is 26.7 Å². The second kappa shape index (κ2) is 10.9. The summed E-state index contributed by atoms with van der Waals surface area (Å²) < 4.78 is 0. The molecule has 0 aromatic rings. The van der Waals surface area contributed by atoms with Crippen LogP contribution in [0, 0.1) is 0 Å². The fourth-order valence-electron chi connectivity index (χ4n) is 0.349. The minimum Gasteiger partial charge on any atom is -0.661 e. The van der Waals surface area contributed by atoms with Crippen molar-refractivity contribution in [2.45, 2.75) is 6.92 Å². The van der Waals surface area contributed by atoms with Gasteiger partial charge in [0.2, 0.25) is 0 Å². The van der Waals surface area contributed by atoms with Gasteiger partial charge in [-0.15, -0.1) is 6.54 Å². The van der Waals surface area contributed by atoms with Crippen molar-refractivity contribution in [1.82, 2.24) is 5.32 Å². The molecule has 1 radical (unpaired) electrons. The maximum absolute atomic E-state index is 4.10. The molecule has 0 aliphatic heterocycles. The molecule has 0 atom stereocenters. The minimum atomic E-state index is 0. The predicted octanol–water partition coefficient (Wildman–Crippen LogP) is 0.597. The molecular weight excluding hydrogens is 177 g/mol. The second-order valence-electron chi connectivity index (χ2n) is 1.37. The van der Waals surface area contributed by atoms with Crippen LogP contribution in [0.15, 0.2) is 0 Å². The van der Waals surface area contributed by atoms with Crippen molar-refractivity contribution < 1.29 is 32.7 Å². The van der Waals surface area contributed by atoms with Gasteiger partial charge in [0.25, 0.3) is 0 Å². The zero-order valence-corrected chi connectivity index (χ0v) is 8.48. The van der Waals surface area contributed by atoms with Crippen LogP contribution in [0.4, 0.5) is 0 Å². The number of nitrogens with zero attached hydrogens (tertiary/aromatic N) is 1. The van der Waals surface area contributed by atoms with Gasteiger partial charge < -0.3 is 10.6 Å². The van der Waals surface area contributed by atoms with E-state index in [0.717, 1.165) is 19.6 Å². The number of hydrogen-bond acceptors (Lipinski definition) is 1. The van der Waals surface area contributed by atoms with Crippen LogP contribution < -0.4 is 5.32 Å². The Bertz CT molecular complexity index is 29.6. The van der Waals surface area contributed by atoms with Gasteiger partial charge >= 0.3 is 0 Å². The van der Waals surface area contributed by atoms with Crippen molar-refractivity contribution in [3.8, 4) is 0 Å². The summed E-state index contributed by atoms with van der Waals surface area (Å²) in [4.78, 5) is 0. The third kappa shape index (κ3) is 10.1. The summed E-state index contributed by atoms with van der Waals surface area (Å²) in [5.74, 6) is 0. The smallest absolute Gasteiger partial charge is 0 e. The van der Waals surface area contributed by atoms with E-state index in [0.29, 0.717) is 0 Å². The summed E-state index contributed by atoms with van der Waals surface area (Å²) in [7, 11) is 1.94. The van der Waals surface area contributed by atoms with E-state index < -0.39 is 0 Å². The van der Waals surface area contributed by atoms with Crippen molar-refractivity contribution >= 4 is 0 Å². The molecule has 47 valence electrons. The molecule has 0 unspecified atom stereocenters. The molecule has 0 fully saturated rings. The van der Waals surface area contributed by atoms with Gasteiger partial charge in [0.1, 0.15) is 0 Å². The first-order chi connectivity index (χ1) is 3.41. The number of likely N-dealkylation sites (N-methyl/N-ethyl adjacent to an activating group) is 2. The normalized spacial score (nSPS) is 8.25. The summed E-state index contributed by atoms with van der Waals surface area (Å²) in [5, 5.41) is 7.11. The molecule has 0 heterocycles. The van der Waals surface area contributed by atoms with Crippen LogP contribution in [0.25, 0.3) is 5.32 Å². The Morgan fingerprint density at radius 2 is 2.12 bits per heavy atom. The van der Waals surface area contributed by atoms with Crippen molar-refractivity contribution in [1.29, 1.82) is 0 Å². The third-order valence-corrected chi connectivity index (χ3v) is 0.744. The number of nitrogens with one attached hydrogen (secondary N) is 1. The van der Waals surface area contributed by atoms with Gasteiger partial charge in [-0.3, -0.25) is 0 Å². The monoisotopic (exact) mass is 190 g/mol. The summed E-state index contributed by atoms with van der Waals surface area (Å²) in [5.41, 5.74) is 0. The van der Waals surface area contributed by atoms with E-state index >= 15 is 0 Å². The van der Waals surface area contributed by atoms with Crippen LogP contribution in [-0.4, -0.2) is 26.7 Å². The Kier molecular flexibility index (Phi) is 16.1. The first-order valence-corrected chi connectivity index (χ1v) is 2.69. The topological polar surface area (TPSA) is 26.1 Å². The molecule has 0 rings (SSSR count). The molecule has 2 nitrogen and oxygen atoms in total.